The minimum absolute atomic E-state index is 0.0663. The smallest absolute Gasteiger partial charge is 0.380 e. The van der Waals surface area contributed by atoms with E-state index in [-0.39, 0.29) is 27.8 Å². The Labute approximate surface area is 253 Å². The molecule has 1 saturated heterocycles. The number of aliphatic hydroxyl groups excluding tert-OH is 1. The Hall–Kier alpha value is -1.65. The van der Waals surface area contributed by atoms with Crippen molar-refractivity contribution in [3.8, 4) is 0 Å². The highest BCUT2D eigenvalue weighted by Gasteiger charge is 2.48. The summed E-state index contributed by atoms with van der Waals surface area (Å²) in [6, 6.07) is 12.9. The molecular weight excluding hydrogens is 610 g/mol. The standard InChI is InChI=1S/C28H41F3N4O4S3/c1-4-34(5-2)18-23-19-35(15-16-39-23)14-13-22(20-40-24-9-7-6-8-10-24)33-26-12-11-25(41(32)21(3)36)17-27(26)42(37,38)28(29,30)31/h6-12,17,22-23,33,36H,4-5,13-16,18-20,32H2,1-3H3/t22-,23?,41?/m1/s1. The summed E-state index contributed by atoms with van der Waals surface area (Å²) in [7, 11) is -7.14. The molecule has 1 aliphatic heterocycles. The van der Waals surface area contributed by atoms with Crippen LogP contribution in [0.5, 0.6) is 0 Å². The second-order valence-electron chi connectivity index (χ2n) is 10.00. The third kappa shape index (κ3) is 9.68. The largest absolute Gasteiger partial charge is 0.501 e. The van der Waals surface area contributed by atoms with Crippen molar-refractivity contribution in [3.63, 3.8) is 0 Å². The summed E-state index contributed by atoms with van der Waals surface area (Å²) >= 11 is 1.54. The van der Waals surface area contributed by atoms with Gasteiger partial charge in [0, 0.05) is 47.8 Å². The number of nitrogens with two attached hydrogens (primary N) is 1. The molecular formula is C28H41F3N4O4S3. The van der Waals surface area contributed by atoms with Gasteiger partial charge in [0.2, 0.25) is 0 Å². The monoisotopic (exact) mass is 650 g/mol. The Kier molecular flexibility index (Phi) is 13.2. The summed E-state index contributed by atoms with van der Waals surface area (Å²) in [5.41, 5.74) is -5.65. The second kappa shape index (κ2) is 15.9. The van der Waals surface area contributed by atoms with Crippen LogP contribution in [0, 0.1) is 0 Å². The van der Waals surface area contributed by atoms with Gasteiger partial charge in [-0.25, -0.2) is 8.42 Å². The molecule has 3 rings (SSSR count). The van der Waals surface area contributed by atoms with Crippen molar-refractivity contribution < 1.29 is 31.4 Å². The van der Waals surface area contributed by atoms with Crippen molar-refractivity contribution in [3.05, 3.63) is 48.5 Å². The quantitative estimate of drug-likeness (QED) is 0.188. The van der Waals surface area contributed by atoms with Crippen LogP contribution in [-0.4, -0.2) is 97.7 Å². The number of morpholine rings is 1. The average molecular weight is 651 g/mol. The van der Waals surface area contributed by atoms with Crippen LogP contribution in [0.3, 0.4) is 0 Å². The van der Waals surface area contributed by atoms with Gasteiger partial charge in [-0.3, -0.25) is 10.0 Å². The molecule has 2 aromatic carbocycles. The molecule has 2 aromatic rings. The molecule has 4 N–H and O–H groups in total. The number of halogens is 3. The molecule has 3 atom stereocenters. The minimum atomic E-state index is -5.70. The van der Waals surface area contributed by atoms with Crippen LogP contribution in [0.25, 0.3) is 0 Å². The van der Waals surface area contributed by atoms with Gasteiger partial charge in [0.25, 0.3) is 9.84 Å². The van der Waals surface area contributed by atoms with Crippen molar-refractivity contribution in [2.45, 2.75) is 59.5 Å². The number of nitrogens with zero attached hydrogens (tertiary/aromatic N) is 2. The Bertz CT molecular complexity index is 1290. The summed E-state index contributed by atoms with van der Waals surface area (Å²) in [6.45, 7) is 11.0. The highest BCUT2D eigenvalue weighted by molar-refractivity contribution is 8.13. The molecule has 14 heteroatoms. The number of hydrogen-bond donors (Lipinski definition) is 3. The van der Waals surface area contributed by atoms with E-state index in [2.05, 4.69) is 29.0 Å². The van der Waals surface area contributed by atoms with Crippen LogP contribution < -0.4 is 10.5 Å². The molecule has 2 unspecified atom stereocenters. The number of anilines is 1. The number of sulfone groups is 1. The van der Waals surface area contributed by atoms with Crippen LogP contribution in [0.2, 0.25) is 0 Å². The van der Waals surface area contributed by atoms with E-state index in [1.165, 1.54) is 19.1 Å². The van der Waals surface area contributed by atoms with Crippen molar-refractivity contribution in [1.82, 2.24) is 9.80 Å². The first-order valence-electron chi connectivity index (χ1n) is 13.8. The van der Waals surface area contributed by atoms with E-state index in [4.69, 9.17) is 9.88 Å². The van der Waals surface area contributed by atoms with Gasteiger partial charge in [-0.15, -0.1) is 11.8 Å². The van der Waals surface area contributed by atoms with Crippen molar-refractivity contribution >= 4 is 43.0 Å². The van der Waals surface area contributed by atoms with Gasteiger partial charge in [0.15, 0.2) is 0 Å². The van der Waals surface area contributed by atoms with E-state index < -0.39 is 30.9 Å². The third-order valence-corrected chi connectivity index (χ3v) is 11.1. The summed E-state index contributed by atoms with van der Waals surface area (Å²) in [6.07, 6.45) is 0.632. The molecule has 236 valence electrons. The van der Waals surface area contributed by atoms with Crippen LogP contribution in [0.15, 0.2) is 63.2 Å². The van der Waals surface area contributed by atoms with Crippen LogP contribution in [-0.2, 0) is 14.6 Å². The molecule has 0 radical (unpaired) electrons. The zero-order valence-electron chi connectivity index (χ0n) is 24.1. The lowest BCUT2D eigenvalue weighted by molar-refractivity contribution is -0.0435. The normalized spacial score (nSPS) is 18.6. The molecule has 1 heterocycles. The van der Waals surface area contributed by atoms with E-state index in [1.54, 1.807) is 11.8 Å². The first kappa shape index (κ1) is 34.8. The predicted molar refractivity (Wildman–Crippen MR) is 166 cm³/mol. The Morgan fingerprint density at radius 3 is 2.55 bits per heavy atom. The van der Waals surface area contributed by atoms with Crippen molar-refractivity contribution in [2.24, 2.45) is 5.14 Å². The average Bonchev–Trinajstić information content (AvgIpc) is 2.97. The van der Waals surface area contributed by atoms with E-state index in [0.717, 1.165) is 43.7 Å². The number of alkyl halides is 3. The van der Waals surface area contributed by atoms with E-state index in [0.29, 0.717) is 25.3 Å². The number of hydrogen-bond acceptors (Lipinski definition) is 8. The van der Waals surface area contributed by atoms with Gasteiger partial charge in [0.1, 0.15) is 4.90 Å². The summed E-state index contributed by atoms with van der Waals surface area (Å²) in [5, 5.41) is 18.6. The van der Waals surface area contributed by atoms with Gasteiger partial charge in [-0.05, 0) is 56.8 Å². The Morgan fingerprint density at radius 2 is 1.93 bits per heavy atom. The van der Waals surface area contributed by atoms with E-state index in [9.17, 15) is 26.7 Å². The third-order valence-electron chi connectivity index (χ3n) is 7.05. The number of ether oxygens (including phenoxy) is 1. The first-order valence-corrected chi connectivity index (χ1v) is 17.6. The fraction of sp³-hybridized carbons (Fsp3) is 0.536. The fourth-order valence-electron chi connectivity index (χ4n) is 4.61. The van der Waals surface area contributed by atoms with Gasteiger partial charge < -0.3 is 20.1 Å². The molecule has 0 spiro atoms. The number of benzene rings is 2. The zero-order valence-corrected chi connectivity index (χ0v) is 26.6. The lowest BCUT2D eigenvalue weighted by Crippen LogP contribution is -2.48. The van der Waals surface area contributed by atoms with Crippen LogP contribution in [0.4, 0.5) is 18.9 Å². The summed E-state index contributed by atoms with van der Waals surface area (Å²) in [5.74, 6) is 0.495. The van der Waals surface area contributed by atoms with Crippen LogP contribution in [0.1, 0.15) is 27.2 Å². The van der Waals surface area contributed by atoms with Crippen molar-refractivity contribution in [1.29, 1.82) is 0 Å². The highest BCUT2D eigenvalue weighted by Crippen LogP contribution is 2.38. The molecule has 0 amide bonds. The maximum absolute atomic E-state index is 13.7. The second-order valence-corrected chi connectivity index (χ2v) is 14.7. The predicted octanol–water partition coefficient (Wildman–Crippen LogP) is 5.19. The lowest BCUT2D eigenvalue weighted by Gasteiger charge is -2.36. The van der Waals surface area contributed by atoms with Gasteiger partial charge in [-0.1, -0.05) is 42.7 Å². The van der Waals surface area contributed by atoms with Gasteiger partial charge in [0.05, 0.1) is 23.4 Å². The molecule has 0 saturated carbocycles. The first-order chi connectivity index (χ1) is 19.8. The fourth-order valence-corrected chi connectivity index (χ4v) is 7.43. The van der Waals surface area contributed by atoms with Crippen molar-refractivity contribution in [2.75, 3.05) is 56.9 Å². The zero-order chi connectivity index (χ0) is 30.9. The Morgan fingerprint density at radius 1 is 1.24 bits per heavy atom. The molecule has 8 nitrogen and oxygen atoms in total. The van der Waals surface area contributed by atoms with Crippen LogP contribution >= 0.6 is 22.4 Å². The molecule has 42 heavy (non-hydrogen) atoms. The maximum Gasteiger partial charge on any atom is 0.501 e. The molecule has 0 bridgehead atoms. The SMILES string of the molecule is CCN(CC)CC1CN(CC[C@H](CSc2ccccc2)Nc2ccc(/S(N)=C(/C)O)cc2S(=O)(=O)C(F)(F)F)CCO1. The number of aliphatic hydroxyl groups is 1. The molecule has 0 aromatic heterocycles. The minimum Gasteiger partial charge on any atom is -0.380 e. The number of thioether (sulfide) groups is 1. The van der Waals surface area contributed by atoms with Gasteiger partial charge in [-0.2, -0.15) is 13.2 Å². The summed E-state index contributed by atoms with van der Waals surface area (Å²) in [4.78, 5) is 4.78. The topological polar surface area (TPSA) is 108 Å². The van der Waals surface area contributed by atoms with E-state index in [1.807, 2.05) is 30.3 Å². The number of nitrogens with one attached hydrogen (secondary N) is 1. The lowest BCUT2D eigenvalue weighted by atomic mass is 10.1. The number of likely N-dealkylation sites (N-methyl/N-ethyl adjacent to an activating group) is 1. The summed E-state index contributed by atoms with van der Waals surface area (Å²) < 4.78 is 72.5. The highest BCUT2D eigenvalue weighted by atomic mass is 32.2. The molecule has 1 aliphatic rings. The number of rotatable bonds is 14. The molecule has 1 fully saturated rings. The van der Waals surface area contributed by atoms with E-state index >= 15 is 0 Å². The molecule has 0 aliphatic carbocycles. The van der Waals surface area contributed by atoms with Gasteiger partial charge >= 0.3 is 5.51 Å². The maximum atomic E-state index is 13.7. The Balaban J connectivity index is 1.86.